The number of esters is 1. The van der Waals surface area contributed by atoms with E-state index in [1.807, 2.05) is 0 Å². The van der Waals surface area contributed by atoms with Crippen LogP contribution in [0.15, 0.2) is 0 Å². The van der Waals surface area contributed by atoms with Gasteiger partial charge in [0.25, 0.3) is 13.4 Å². The van der Waals surface area contributed by atoms with Crippen LogP contribution in [-0.2, 0) is 23.4 Å². The number of hydroxylamine groups is 2. The van der Waals surface area contributed by atoms with Crippen LogP contribution >= 0.6 is 7.52 Å². The Morgan fingerprint density at radius 2 is 2.05 bits per heavy atom. The van der Waals surface area contributed by atoms with Gasteiger partial charge in [-0.2, -0.15) is 0 Å². The average molecular weight is 336 g/mol. The van der Waals surface area contributed by atoms with E-state index in [1.54, 1.807) is 20.8 Å². The SMILES string of the molecule is CN(C)P(=O)(OCOC(=O)C(C)(C)C)C1CCCN(O)C1=O. The standard InChI is InChI=1S/C13H25N2O6P/c1-13(2,3)12(17)20-9-21-22(19,14(4)5)10-7-6-8-15(18)11(10)16/h10,18H,6-9H2,1-5H3. The fraction of sp³-hybridized carbons (Fsp3) is 0.846. The highest BCUT2D eigenvalue weighted by atomic mass is 31.2. The van der Waals surface area contributed by atoms with E-state index >= 15 is 0 Å². The molecule has 1 N–H and O–H groups in total. The van der Waals surface area contributed by atoms with E-state index in [-0.39, 0.29) is 6.54 Å². The first kappa shape index (κ1) is 19.1. The van der Waals surface area contributed by atoms with Gasteiger partial charge in [0, 0.05) is 6.54 Å². The number of rotatable bonds is 5. The predicted molar refractivity (Wildman–Crippen MR) is 79.3 cm³/mol. The maximum atomic E-state index is 13.0. The van der Waals surface area contributed by atoms with Crippen LogP contribution in [0.5, 0.6) is 0 Å². The number of piperidine rings is 1. The van der Waals surface area contributed by atoms with Crippen LogP contribution in [0.4, 0.5) is 0 Å². The molecule has 22 heavy (non-hydrogen) atoms. The molecule has 0 aromatic rings. The lowest BCUT2D eigenvalue weighted by molar-refractivity contribution is -0.169. The molecule has 1 amide bonds. The molecule has 1 aliphatic heterocycles. The van der Waals surface area contributed by atoms with E-state index < -0.39 is 37.3 Å². The zero-order valence-corrected chi connectivity index (χ0v) is 14.6. The minimum absolute atomic E-state index is 0.210. The summed E-state index contributed by atoms with van der Waals surface area (Å²) in [5, 5.41) is 10.1. The molecule has 1 heterocycles. The molecule has 0 aromatic carbocycles. The smallest absolute Gasteiger partial charge is 0.313 e. The van der Waals surface area contributed by atoms with Crippen LogP contribution in [0, 0.1) is 5.41 Å². The lowest BCUT2D eigenvalue weighted by atomic mass is 9.98. The largest absolute Gasteiger partial charge is 0.438 e. The summed E-state index contributed by atoms with van der Waals surface area (Å²) in [4.78, 5) is 23.7. The van der Waals surface area contributed by atoms with Crippen molar-refractivity contribution in [3.8, 4) is 0 Å². The van der Waals surface area contributed by atoms with Gasteiger partial charge in [-0.15, -0.1) is 0 Å². The first-order chi connectivity index (χ1) is 10.00. The second kappa shape index (κ2) is 7.08. The maximum Gasteiger partial charge on any atom is 0.313 e. The predicted octanol–water partition coefficient (Wildman–Crippen LogP) is 1.68. The highest BCUT2D eigenvalue weighted by Gasteiger charge is 2.45. The summed E-state index contributed by atoms with van der Waals surface area (Å²) in [6, 6.07) is 0. The second-order valence-electron chi connectivity index (χ2n) is 6.46. The normalized spacial score (nSPS) is 22.6. The van der Waals surface area contributed by atoms with Gasteiger partial charge >= 0.3 is 5.97 Å². The fourth-order valence-corrected chi connectivity index (χ4v) is 4.09. The molecule has 0 aromatic heterocycles. The van der Waals surface area contributed by atoms with E-state index in [4.69, 9.17) is 9.26 Å². The van der Waals surface area contributed by atoms with Gasteiger partial charge in [-0.05, 0) is 47.7 Å². The summed E-state index contributed by atoms with van der Waals surface area (Å²) >= 11 is 0. The topological polar surface area (TPSA) is 96.4 Å². The second-order valence-corrected chi connectivity index (χ2v) is 9.27. The number of amides is 1. The summed E-state index contributed by atoms with van der Waals surface area (Å²) in [6.45, 7) is 4.78. The van der Waals surface area contributed by atoms with Crippen LogP contribution in [0.2, 0.25) is 0 Å². The highest BCUT2D eigenvalue weighted by molar-refractivity contribution is 7.58. The third kappa shape index (κ3) is 4.29. The van der Waals surface area contributed by atoms with E-state index in [0.29, 0.717) is 17.9 Å². The summed E-state index contributed by atoms with van der Waals surface area (Å²) in [5.41, 5.74) is -1.66. The summed E-state index contributed by atoms with van der Waals surface area (Å²) in [5.74, 6) is -1.12. The third-order valence-corrected chi connectivity index (χ3v) is 6.24. The fourth-order valence-electron chi connectivity index (χ4n) is 2.00. The minimum atomic E-state index is -3.56. The molecule has 8 nitrogen and oxygen atoms in total. The lowest BCUT2D eigenvalue weighted by Crippen LogP contribution is -2.44. The number of carbonyl (C=O) groups excluding carboxylic acids is 2. The van der Waals surface area contributed by atoms with Crippen molar-refractivity contribution >= 4 is 19.4 Å². The summed E-state index contributed by atoms with van der Waals surface area (Å²) < 4.78 is 24.6. The van der Waals surface area contributed by atoms with E-state index in [2.05, 4.69) is 0 Å². The first-order valence-corrected chi connectivity index (χ1v) is 8.74. The monoisotopic (exact) mass is 336 g/mol. The van der Waals surface area contributed by atoms with Crippen LogP contribution in [0.1, 0.15) is 33.6 Å². The summed E-state index contributed by atoms with van der Waals surface area (Å²) in [7, 11) is -0.516. The highest BCUT2D eigenvalue weighted by Crippen LogP contribution is 2.56. The molecule has 0 spiro atoms. The Balaban J connectivity index is 2.78. The van der Waals surface area contributed by atoms with Gasteiger partial charge in [-0.3, -0.25) is 23.9 Å². The van der Waals surface area contributed by atoms with Crippen molar-refractivity contribution in [1.29, 1.82) is 0 Å². The number of hydrogen-bond donors (Lipinski definition) is 1. The molecule has 2 atom stereocenters. The van der Waals surface area contributed by atoms with Gasteiger partial charge in [-0.1, -0.05) is 0 Å². The molecular formula is C13H25N2O6P. The van der Waals surface area contributed by atoms with Crippen molar-refractivity contribution in [3.63, 3.8) is 0 Å². The van der Waals surface area contributed by atoms with Crippen molar-refractivity contribution < 1.29 is 28.6 Å². The maximum absolute atomic E-state index is 13.0. The molecule has 0 aliphatic carbocycles. The zero-order chi connectivity index (χ0) is 17.1. The minimum Gasteiger partial charge on any atom is -0.438 e. The van der Waals surface area contributed by atoms with Crippen LogP contribution in [0.25, 0.3) is 0 Å². The Kier molecular flexibility index (Phi) is 6.15. The number of hydrogen-bond acceptors (Lipinski definition) is 6. The van der Waals surface area contributed by atoms with E-state index in [9.17, 15) is 19.4 Å². The van der Waals surface area contributed by atoms with Gasteiger partial charge in [0.2, 0.25) is 0 Å². The number of nitrogens with zero attached hydrogens (tertiary/aromatic N) is 2. The molecule has 9 heteroatoms. The Morgan fingerprint density at radius 1 is 1.45 bits per heavy atom. The average Bonchev–Trinajstić information content (AvgIpc) is 2.40. The number of carbonyl (C=O) groups is 2. The van der Waals surface area contributed by atoms with Crippen molar-refractivity contribution in [2.45, 2.75) is 39.3 Å². The Bertz CT molecular complexity index is 474. The molecule has 128 valence electrons. The molecule has 0 saturated carbocycles. The van der Waals surface area contributed by atoms with Gasteiger partial charge in [0.1, 0.15) is 5.66 Å². The van der Waals surface area contributed by atoms with Gasteiger partial charge < -0.3 is 4.74 Å². The van der Waals surface area contributed by atoms with Gasteiger partial charge in [-0.25, -0.2) is 9.73 Å². The van der Waals surface area contributed by atoms with Crippen LogP contribution in [-0.4, -0.2) is 59.9 Å². The molecule has 1 saturated heterocycles. The molecular weight excluding hydrogens is 311 g/mol. The quantitative estimate of drug-likeness (QED) is 0.353. The molecule has 0 radical (unpaired) electrons. The van der Waals surface area contributed by atoms with Crippen molar-refractivity contribution in [2.24, 2.45) is 5.41 Å². The van der Waals surface area contributed by atoms with E-state index in [0.717, 1.165) is 0 Å². The van der Waals surface area contributed by atoms with Crippen molar-refractivity contribution in [3.05, 3.63) is 0 Å². The van der Waals surface area contributed by atoms with Gasteiger partial charge in [0.15, 0.2) is 6.79 Å². The molecule has 2 unspecified atom stereocenters. The van der Waals surface area contributed by atoms with Crippen LogP contribution in [0.3, 0.4) is 0 Å². The van der Waals surface area contributed by atoms with Crippen molar-refractivity contribution in [2.75, 3.05) is 27.4 Å². The molecule has 0 bridgehead atoms. The Hall–Kier alpha value is -0.950. The lowest BCUT2D eigenvalue weighted by Gasteiger charge is -2.35. The molecule has 1 fully saturated rings. The molecule has 1 aliphatic rings. The zero-order valence-electron chi connectivity index (χ0n) is 13.7. The van der Waals surface area contributed by atoms with Crippen LogP contribution < -0.4 is 0 Å². The van der Waals surface area contributed by atoms with E-state index in [1.165, 1.54) is 18.8 Å². The summed E-state index contributed by atoms with van der Waals surface area (Å²) in [6.07, 6.45) is 0.869. The first-order valence-electron chi connectivity index (χ1n) is 7.09. The Morgan fingerprint density at radius 3 is 2.55 bits per heavy atom. The molecule has 1 rings (SSSR count). The number of ether oxygens (including phenoxy) is 1. The van der Waals surface area contributed by atoms with Gasteiger partial charge in [0.05, 0.1) is 5.41 Å². The third-order valence-electron chi connectivity index (χ3n) is 3.38. The Labute approximate surface area is 130 Å². The van der Waals surface area contributed by atoms with Crippen molar-refractivity contribution in [1.82, 2.24) is 9.73 Å².